The predicted molar refractivity (Wildman–Crippen MR) is 105 cm³/mol. The van der Waals surface area contributed by atoms with Crippen LogP contribution in [-0.2, 0) is 14.3 Å². The van der Waals surface area contributed by atoms with Crippen molar-refractivity contribution in [3.8, 4) is 6.07 Å². The number of ether oxygens (including phenoxy) is 2. The zero-order valence-electron chi connectivity index (χ0n) is 16.9. The molecule has 0 unspecified atom stereocenters. The van der Waals surface area contributed by atoms with Gasteiger partial charge >= 0.3 is 5.97 Å². The van der Waals surface area contributed by atoms with Crippen molar-refractivity contribution in [2.45, 2.75) is 53.2 Å². The van der Waals surface area contributed by atoms with Crippen LogP contribution in [0.25, 0.3) is 0 Å². The van der Waals surface area contributed by atoms with Crippen molar-refractivity contribution in [2.75, 3.05) is 6.61 Å². The van der Waals surface area contributed by atoms with Gasteiger partial charge in [-0.2, -0.15) is 5.26 Å². The molecule has 2 rings (SSSR count). The maximum atomic E-state index is 12.2. The van der Waals surface area contributed by atoms with Gasteiger partial charge in [-0.3, -0.25) is 0 Å². The van der Waals surface area contributed by atoms with Crippen molar-refractivity contribution in [2.24, 2.45) is 0 Å². The topological polar surface area (TPSA) is 59.3 Å². The van der Waals surface area contributed by atoms with Gasteiger partial charge in [-0.05, 0) is 74.9 Å². The Morgan fingerprint density at radius 1 is 0.963 bits per heavy atom. The largest absolute Gasteiger partial charge is 0.443 e. The maximum Gasteiger partial charge on any atom is 0.333 e. The van der Waals surface area contributed by atoms with Crippen LogP contribution in [0.5, 0.6) is 0 Å². The molecule has 0 spiro atoms. The van der Waals surface area contributed by atoms with Crippen LogP contribution in [0.1, 0.15) is 53.3 Å². The van der Waals surface area contributed by atoms with Gasteiger partial charge in [-0.1, -0.05) is 36.4 Å². The summed E-state index contributed by atoms with van der Waals surface area (Å²) in [4.78, 5) is 12.2. The van der Waals surface area contributed by atoms with Gasteiger partial charge in [0, 0.05) is 0 Å². The predicted octanol–water partition coefficient (Wildman–Crippen LogP) is 4.87. The lowest BCUT2D eigenvalue weighted by Gasteiger charge is -2.26. The molecule has 0 aliphatic rings. The van der Waals surface area contributed by atoms with E-state index in [1.165, 1.54) is 0 Å². The standard InChI is InChI=1S/C23H27NO3/c1-15-9-7-10-16(2)20(15)22(21-17(3)11-8-12-18(21)4)26-13-19(25)27-23(5,6)14-24/h7-12,22H,13H2,1-6H3. The number of aryl methyl sites for hydroxylation is 4. The molecule has 4 nitrogen and oxygen atoms in total. The van der Waals surface area contributed by atoms with Gasteiger partial charge in [-0.25, -0.2) is 4.79 Å². The Hall–Kier alpha value is -2.64. The molecule has 0 heterocycles. The second-order valence-electron chi connectivity index (χ2n) is 7.40. The molecule has 0 N–H and O–H groups in total. The highest BCUT2D eigenvalue weighted by molar-refractivity contribution is 5.71. The highest BCUT2D eigenvalue weighted by Crippen LogP contribution is 2.34. The molecule has 0 saturated carbocycles. The molecular weight excluding hydrogens is 338 g/mol. The van der Waals surface area contributed by atoms with Crippen LogP contribution < -0.4 is 0 Å². The number of carbonyl (C=O) groups is 1. The summed E-state index contributed by atoms with van der Waals surface area (Å²) in [6.45, 7) is 11.1. The Morgan fingerprint density at radius 2 is 1.37 bits per heavy atom. The van der Waals surface area contributed by atoms with Crippen LogP contribution in [0.3, 0.4) is 0 Å². The maximum absolute atomic E-state index is 12.2. The molecule has 4 heteroatoms. The summed E-state index contributed by atoms with van der Waals surface area (Å²) in [7, 11) is 0. The molecule has 0 saturated heterocycles. The number of benzene rings is 2. The minimum atomic E-state index is -1.17. The van der Waals surface area contributed by atoms with Crippen molar-refractivity contribution < 1.29 is 14.3 Å². The lowest BCUT2D eigenvalue weighted by atomic mass is 9.89. The van der Waals surface area contributed by atoms with E-state index in [2.05, 4.69) is 0 Å². The fourth-order valence-electron chi connectivity index (χ4n) is 3.28. The minimum Gasteiger partial charge on any atom is -0.443 e. The summed E-state index contributed by atoms with van der Waals surface area (Å²) in [5.41, 5.74) is 5.36. The number of rotatable bonds is 6. The molecule has 0 radical (unpaired) electrons. The summed E-state index contributed by atoms with van der Waals surface area (Å²) in [6, 6.07) is 14.2. The molecule has 0 aromatic heterocycles. The molecule has 0 amide bonds. The van der Waals surface area contributed by atoms with Gasteiger partial charge in [0.15, 0.2) is 5.60 Å². The highest BCUT2D eigenvalue weighted by atomic mass is 16.6. The Kier molecular flexibility index (Phi) is 6.41. The molecule has 0 aliphatic carbocycles. The van der Waals surface area contributed by atoms with Crippen LogP contribution in [-0.4, -0.2) is 18.2 Å². The van der Waals surface area contributed by atoms with Crippen LogP contribution in [0.15, 0.2) is 36.4 Å². The van der Waals surface area contributed by atoms with E-state index in [1.54, 1.807) is 13.8 Å². The first-order valence-corrected chi connectivity index (χ1v) is 9.03. The number of hydrogen-bond donors (Lipinski definition) is 0. The number of esters is 1. The number of nitrogens with zero attached hydrogens (tertiary/aromatic N) is 1. The molecule has 2 aromatic carbocycles. The van der Waals surface area contributed by atoms with E-state index in [0.29, 0.717) is 0 Å². The average molecular weight is 365 g/mol. The average Bonchev–Trinajstić information content (AvgIpc) is 2.58. The van der Waals surface area contributed by atoms with Crippen LogP contribution in [0, 0.1) is 39.0 Å². The van der Waals surface area contributed by atoms with E-state index in [4.69, 9.17) is 14.7 Å². The molecule has 0 atom stereocenters. The summed E-state index contributed by atoms with van der Waals surface area (Å²) >= 11 is 0. The fraction of sp³-hybridized carbons (Fsp3) is 0.391. The van der Waals surface area contributed by atoms with Crippen LogP contribution >= 0.6 is 0 Å². The van der Waals surface area contributed by atoms with Gasteiger partial charge in [0.05, 0.1) is 0 Å². The monoisotopic (exact) mass is 365 g/mol. The number of carbonyl (C=O) groups excluding carboxylic acids is 1. The molecule has 0 aliphatic heterocycles. The summed E-state index contributed by atoms with van der Waals surface area (Å²) < 4.78 is 11.3. The van der Waals surface area contributed by atoms with E-state index >= 15 is 0 Å². The van der Waals surface area contributed by atoms with Crippen molar-refractivity contribution in [1.82, 2.24) is 0 Å². The molecule has 142 valence electrons. The molecule has 27 heavy (non-hydrogen) atoms. The minimum absolute atomic E-state index is 0.225. The third-order valence-electron chi connectivity index (χ3n) is 4.61. The molecular formula is C23H27NO3. The lowest BCUT2D eigenvalue weighted by molar-refractivity contribution is -0.158. The number of nitriles is 1. The summed E-state index contributed by atoms with van der Waals surface area (Å²) in [6.07, 6.45) is -0.384. The normalized spacial score (nSPS) is 11.3. The van der Waals surface area contributed by atoms with E-state index in [1.807, 2.05) is 70.2 Å². The SMILES string of the molecule is Cc1cccc(C)c1C(OCC(=O)OC(C)(C)C#N)c1c(C)cccc1C. The first kappa shape index (κ1) is 20.7. The van der Waals surface area contributed by atoms with Gasteiger partial charge in [0.25, 0.3) is 0 Å². The van der Waals surface area contributed by atoms with Crippen molar-refractivity contribution in [3.63, 3.8) is 0 Å². The first-order valence-electron chi connectivity index (χ1n) is 9.03. The van der Waals surface area contributed by atoms with E-state index in [0.717, 1.165) is 33.4 Å². The summed E-state index contributed by atoms with van der Waals surface area (Å²) in [5.74, 6) is -0.552. The summed E-state index contributed by atoms with van der Waals surface area (Å²) in [5, 5.41) is 9.05. The van der Waals surface area contributed by atoms with Gasteiger partial charge in [0.2, 0.25) is 0 Å². The zero-order chi connectivity index (χ0) is 20.2. The Labute approximate surface area is 161 Å². The molecule has 0 bridgehead atoms. The van der Waals surface area contributed by atoms with E-state index in [-0.39, 0.29) is 12.7 Å². The quantitative estimate of drug-likeness (QED) is 0.685. The van der Waals surface area contributed by atoms with Gasteiger partial charge in [0.1, 0.15) is 18.8 Å². The zero-order valence-corrected chi connectivity index (χ0v) is 16.9. The Balaban J connectivity index is 2.41. The van der Waals surface area contributed by atoms with Gasteiger partial charge < -0.3 is 9.47 Å². The van der Waals surface area contributed by atoms with Crippen LogP contribution in [0.2, 0.25) is 0 Å². The third kappa shape index (κ3) is 4.96. The number of hydrogen-bond acceptors (Lipinski definition) is 4. The third-order valence-corrected chi connectivity index (χ3v) is 4.61. The second kappa shape index (κ2) is 8.37. The first-order chi connectivity index (χ1) is 12.7. The Morgan fingerprint density at radius 3 is 1.74 bits per heavy atom. The fourth-order valence-corrected chi connectivity index (χ4v) is 3.28. The molecule has 0 fully saturated rings. The van der Waals surface area contributed by atoms with E-state index in [9.17, 15) is 4.79 Å². The Bertz CT molecular complexity index is 786. The van der Waals surface area contributed by atoms with Crippen molar-refractivity contribution >= 4 is 5.97 Å². The van der Waals surface area contributed by atoms with Crippen molar-refractivity contribution in [1.29, 1.82) is 5.26 Å². The smallest absolute Gasteiger partial charge is 0.333 e. The molecule has 2 aromatic rings. The van der Waals surface area contributed by atoms with Crippen LogP contribution in [0.4, 0.5) is 0 Å². The lowest BCUT2D eigenvalue weighted by Crippen LogP contribution is -2.29. The second-order valence-corrected chi connectivity index (χ2v) is 7.40. The van der Waals surface area contributed by atoms with Crippen molar-refractivity contribution in [3.05, 3.63) is 69.8 Å². The van der Waals surface area contributed by atoms with E-state index < -0.39 is 11.6 Å². The van der Waals surface area contributed by atoms with Gasteiger partial charge in [-0.15, -0.1) is 0 Å². The highest BCUT2D eigenvalue weighted by Gasteiger charge is 2.26.